The van der Waals surface area contributed by atoms with Crippen LogP contribution in [-0.4, -0.2) is 0 Å². The predicted molar refractivity (Wildman–Crippen MR) is 129 cm³/mol. The number of rotatable bonds is 2. The lowest BCUT2D eigenvalue weighted by Crippen LogP contribution is -2.06. The minimum Gasteiger partial charge on any atom is -0.140 e. The van der Waals surface area contributed by atoms with Gasteiger partial charge < -0.3 is 0 Å². The topological polar surface area (TPSA) is 0 Å². The van der Waals surface area contributed by atoms with Gasteiger partial charge in [-0.2, -0.15) is 0 Å². The Bertz CT molecular complexity index is 963. The van der Waals surface area contributed by atoms with Gasteiger partial charge in [-0.25, -0.2) is 0 Å². The molecule has 150 valence electrons. The van der Waals surface area contributed by atoms with E-state index in [0.29, 0.717) is 0 Å². The molecule has 0 amide bonds. The molecule has 0 aliphatic heterocycles. The van der Waals surface area contributed by atoms with E-state index in [1.54, 1.807) is 43.2 Å². The zero-order valence-electron chi connectivity index (χ0n) is 19.2. The fourth-order valence-electron chi connectivity index (χ4n) is 4.76. The molecule has 0 nitrogen and oxygen atoms in total. The van der Waals surface area contributed by atoms with Crippen LogP contribution in [0.15, 0.2) is 0 Å². The van der Waals surface area contributed by atoms with Crippen molar-refractivity contribution in [3.05, 3.63) is 41.8 Å². The molecule has 0 atom stereocenters. The van der Waals surface area contributed by atoms with Crippen LogP contribution in [0, 0.1) is 38.5 Å². The second kappa shape index (κ2) is 6.19. The molecule has 4 rings (SSSR count). The van der Waals surface area contributed by atoms with Gasteiger partial charge >= 0.3 is 0 Å². The van der Waals surface area contributed by atoms with E-state index in [1.165, 1.54) is 20.9 Å². The van der Waals surface area contributed by atoms with Crippen LogP contribution < -0.4 is 0 Å². The van der Waals surface area contributed by atoms with Gasteiger partial charge in [0.05, 0.1) is 0 Å². The van der Waals surface area contributed by atoms with Gasteiger partial charge in [-0.05, 0) is 84.8 Å². The molecule has 2 aromatic heterocycles. The van der Waals surface area contributed by atoms with Crippen LogP contribution in [0.3, 0.4) is 0 Å². The fraction of sp³-hybridized carbons (Fsp3) is 0.538. The molecule has 0 spiro atoms. The smallest absolute Gasteiger partial charge is 0.0393 e. The maximum atomic E-state index is 2.38. The zero-order valence-corrected chi connectivity index (χ0v) is 20.9. The number of allylic oxidation sites excluding steroid dienone is 4. The number of hydrogen-bond donors (Lipinski definition) is 0. The monoisotopic (exact) mass is 410 g/mol. The predicted octanol–water partition coefficient (Wildman–Crippen LogP) is 9.06. The van der Waals surface area contributed by atoms with Crippen molar-refractivity contribution in [1.29, 1.82) is 0 Å². The van der Waals surface area contributed by atoms with Crippen LogP contribution in [0.1, 0.15) is 96.1 Å². The van der Waals surface area contributed by atoms with Crippen LogP contribution >= 0.6 is 22.7 Å². The van der Waals surface area contributed by atoms with Gasteiger partial charge in [0.2, 0.25) is 0 Å². The summed E-state index contributed by atoms with van der Waals surface area (Å²) >= 11 is 4.06. The lowest BCUT2D eigenvalue weighted by Gasteiger charge is -2.20. The van der Waals surface area contributed by atoms with Crippen molar-refractivity contribution in [3.63, 3.8) is 0 Å². The molecule has 0 saturated heterocycles. The first-order valence-corrected chi connectivity index (χ1v) is 12.1. The lowest BCUT2D eigenvalue weighted by atomic mass is 9.85. The summed E-state index contributed by atoms with van der Waals surface area (Å²) in [5.74, 6) is 0. The summed E-state index contributed by atoms with van der Waals surface area (Å²) in [5.41, 5.74) is 13.1. The minimum absolute atomic E-state index is 0.284. The van der Waals surface area contributed by atoms with Gasteiger partial charge in [0, 0.05) is 30.6 Å². The Morgan fingerprint density at radius 2 is 0.893 bits per heavy atom. The standard InChI is InChI=1S/C26H34S2/c1-13-15(3)27-23-18(12-26(8,9)10)22-20-14(2)16(4)28-24(20)17(11-25(5,6)7)21(22)19(13)23/h11-12H2,1-10H3. The van der Waals surface area contributed by atoms with E-state index < -0.39 is 0 Å². The average molecular weight is 411 g/mol. The fourth-order valence-corrected chi connectivity index (χ4v) is 7.19. The highest BCUT2D eigenvalue weighted by molar-refractivity contribution is 7.15. The summed E-state index contributed by atoms with van der Waals surface area (Å²) in [7, 11) is 0. The summed E-state index contributed by atoms with van der Waals surface area (Å²) < 4.78 is 0. The summed E-state index contributed by atoms with van der Waals surface area (Å²) in [6.45, 7) is 23.6. The maximum absolute atomic E-state index is 2.38. The van der Waals surface area contributed by atoms with E-state index in [2.05, 4.69) is 69.2 Å². The summed E-state index contributed by atoms with van der Waals surface area (Å²) in [5, 5.41) is 0. The first kappa shape index (κ1) is 20.2. The molecule has 2 aliphatic carbocycles. The van der Waals surface area contributed by atoms with E-state index in [0.717, 1.165) is 12.8 Å². The van der Waals surface area contributed by atoms with Gasteiger partial charge in [0.15, 0.2) is 0 Å². The molecule has 2 aliphatic rings. The van der Waals surface area contributed by atoms with E-state index in [1.807, 2.05) is 22.7 Å². The molecule has 0 radical (unpaired) electrons. The minimum atomic E-state index is 0.284. The second-order valence-corrected chi connectivity index (χ2v) is 13.6. The van der Waals surface area contributed by atoms with Gasteiger partial charge in [-0.1, -0.05) is 41.5 Å². The van der Waals surface area contributed by atoms with Gasteiger partial charge in [0.25, 0.3) is 0 Å². The highest BCUT2D eigenvalue weighted by Gasteiger charge is 2.42. The van der Waals surface area contributed by atoms with Gasteiger partial charge in [0.1, 0.15) is 0 Å². The molecule has 0 N–H and O–H groups in total. The van der Waals surface area contributed by atoms with Crippen LogP contribution in [0.2, 0.25) is 0 Å². The largest absolute Gasteiger partial charge is 0.140 e. The third-order valence-corrected chi connectivity index (χ3v) is 8.62. The molecular formula is C26H34S2. The molecule has 2 aromatic rings. The Hall–Kier alpha value is -1.12. The van der Waals surface area contributed by atoms with E-state index in [-0.39, 0.29) is 10.8 Å². The van der Waals surface area contributed by atoms with Crippen LogP contribution in [0.4, 0.5) is 0 Å². The Labute approximate surface area is 179 Å². The first-order chi connectivity index (χ1) is 12.8. The first-order valence-electron chi connectivity index (χ1n) is 10.5. The molecular weight excluding hydrogens is 376 g/mol. The van der Waals surface area contributed by atoms with Gasteiger partial charge in [-0.15, -0.1) is 22.7 Å². The van der Waals surface area contributed by atoms with Crippen molar-refractivity contribution in [1.82, 2.24) is 0 Å². The van der Waals surface area contributed by atoms with E-state index in [9.17, 15) is 0 Å². The summed E-state index contributed by atoms with van der Waals surface area (Å²) in [4.78, 5) is 6.10. The molecule has 2 heteroatoms. The van der Waals surface area contributed by atoms with Crippen LogP contribution in [0.5, 0.6) is 0 Å². The van der Waals surface area contributed by atoms with Crippen molar-refractivity contribution >= 4 is 45.0 Å². The third-order valence-electron chi connectivity index (χ3n) is 6.09. The summed E-state index contributed by atoms with van der Waals surface area (Å²) in [6.07, 6.45) is 2.30. The maximum Gasteiger partial charge on any atom is 0.0393 e. The van der Waals surface area contributed by atoms with Crippen molar-refractivity contribution in [3.8, 4) is 0 Å². The molecule has 0 unspecified atom stereocenters. The highest BCUT2D eigenvalue weighted by Crippen LogP contribution is 2.63. The van der Waals surface area contributed by atoms with Crippen molar-refractivity contribution < 1.29 is 0 Å². The molecule has 0 saturated carbocycles. The molecule has 2 heterocycles. The number of thiophene rings is 2. The zero-order chi connectivity index (χ0) is 20.8. The lowest BCUT2D eigenvalue weighted by molar-refractivity contribution is 0.427. The van der Waals surface area contributed by atoms with Crippen LogP contribution in [-0.2, 0) is 0 Å². The Morgan fingerprint density at radius 3 is 1.18 bits per heavy atom. The number of fused-ring (bicyclic) bond motifs is 5. The normalized spacial score (nSPS) is 16.2. The number of aryl methyl sites for hydroxylation is 2. The Kier molecular flexibility index (Phi) is 4.46. The van der Waals surface area contributed by atoms with E-state index >= 15 is 0 Å². The van der Waals surface area contributed by atoms with Gasteiger partial charge in [-0.3, -0.25) is 0 Å². The average Bonchev–Trinajstić information content (AvgIpc) is 3.16. The van der Waals surface area contributed by atoms with Crippen molar-refractivity contribution in [2.45, 2.75) is 82.1 Å². The van der Waals surface area contributed by atoms with Crippen molar-refractivity contribution in [2.75, 3.05) is 0 Å². The third kappa shape index (κ3) is 2.99. The molecule has 0 fully saturated rings. The molecule has 0 bridgehead atoms. The second-order valence-electron chi connectivity index (χ2n) is 11.2. The quantitative estimate of drug-likeness (QED) is 0.463. The number of hydrogen-bond acceptors (Lipinski definition) is 2. The highest BCUT2D eigenvalue weighted by atomic mass is 32.1. The Balaban J connectivity index is 2.10. The van der Waals surface area contributed by atoms with Crippen LogP contribution in [0.25, 0.3) is 22.3 Å². The van der Waals surface area contributed by atoms with Crippen molar-refractivity contribution in [2.24, 2.45) is 10.8 Å². The molecule has 28 heavy (non-hydrogen) atoms. The summed E-state index contributed by atoms with van der Waals surface area (Å²) in [6, 6.07) is 0. The molecule has 0 aromatic carbocycles. The Morgan fingerprint density at radius 1 is 0.571 bits per heavy atom. The SMILES string of the molecule is Cc1sc2c(c1C)C1=C(CC(C)(C)C)c3sc(C)c(C)c3C1=C2CC(C)(C)C. The van der Waals surface area contributed by atoms with E-state index in [4.69, 9.17) is 0 Å².